The first-order valence-corrected chi connectivity index (χ1v) is 7.03. The van der Waals surface area contributed by atoms with Crippen LogP contribution in [0.2, 0.25) is 0 Å². The molecule has 2 aliphatic heterocycles. The van der Waals surface area contributed by atoms with Crippen LogP contribution in [0, 0.1) is 5.92 Å². The molecule has 2 aliphatic rings. The van der Waals surface area contributed by atoms with Gasteiger partial charge in [0.25, 0.3) is 0 Å². The standard InChI is InChI=1S/C15H25N3/c1-12(2)9-14-11-18(8-7-16-14)15-10-13(3)5-4-6-17-15/h4,6,10,12,14,16H,5,7-9,11H2,1-3H3. The van der Waals surface area contributed by atoms with E-state index in [1.54, 1.807) is 0 Å². The van der Waals surface area contributed by atoms with Crippen molar-refractivity contribution in [2.24, 2.45) is 10.9 Å². The van der Waals surface area contributed by atoms with E-state index in [2.05, 4.69) is 48.1 Å². The molecule has 0 amide bonds. The van der Waals surface area contributed by atoms with Crippen molar-refractivity contribution in [2.75, 3.05) is 19.6 Å². The van der Waals surface area contributed by atoms with Gasteiger partial charge in [-0.15, -0.1) is 0 Å². The van der Waals surface area contributed by atoms with Gasteiger partial charge in [-0.3, -0.25) is 0 Å². The van der Waals surface area contributed by atoms with Gasteiger partial charge < -0.3 is 10.2 Å². The molecule has 2 rings (SSSR count). The summed E-state index contributed by atoms with van der Waals surface area (Å²) in [6, 6.07) is 0.599. The Balaban J connectivity index is 2.02. The first-order chi connectivity index (χ1) is 8.65. The first kappa shape index (κ1) is 13.3. The first-order valence-electron chi connectivity index (χ1n) is 7.03. The normalized spacial score (nSPS) is 24.9. The maximum atomic E-state index is 4.57. The Hall–Kier alpha value is -1.09. The summed E-state index contributed by atoms with van der Waals surface area (Å²) in [5.74, 6) is 1.88. The van der Waals surface area contributed by atoms with Gasteiger partial charge in [-0.05, 0) is 31.8 Å². The lowest BCUT2D eigenvalue weighted by Crippen LogP contribution is -2.52. The van der Waals surface area contributed by atoms with Crippen LogP contribution >= 0.6 is 0 Å². The minimum Gasteiger partial charge on any atom is -0.354 e. The van der Waals surface area contributed by atoms with Gasteiger partial charge in [0.15, 0.2) is 0 Å². The van der Waals surface area contributed by atoms with Crippen LogP contribution in [0.1, 0.15) is 33.6 Å². The summed E-state index contributed by atoms with van der Waals surface area (Å²) in [7, 11) is 0. The number of amidine groups is 1. The summed E-state index contributed by atoms with van der Waals surface area (Å²) in [6.07, 6.45) is 8.57. The van der Waals surface area contributed by atoms with Crippen LogP contribution in [-0.4, -0.2) is 36.4 Å². The molecular weight excluding hydrogens is 222 g/mol. The summed E-state index contributed by atoms with van der Waals surface area (Å²) in [5, 5.41) is 3.61. The van der Waals surface area contributed by atoms with Crippen LogP contribution < -0.4 is 5.32 Å². The van der Waals surface area contributed by atoms with Crippen LogP contribution in [0.4, 0.5) is 0 Å². The number of hydrogen-bond donors (Lipinski definition) is 1. The topological polar surface area (TPSA) is 27.6 Å². The van der Waals surface area contributed by atoms with Crippen molar-refractivity contribution in [1.82, 2.24) is 10.2 Å². The lowest BCUT2D eigenvalue weighted by molar-refractivity contribution is 0.266. The average molecular weight is 247 g/mol. The van der Waals surface area contributed by atoms with Gasteiger partial charge in [0, 0.05) is 31.9 Å². The van der Waals surface area contributed by atoms with Gasteiger partial charge in [0.05, 0.1) is 0 Å². The van der Waals surface area contributed by atoms with Gasteiger partial charge in [-0.1, -0.05) is 25.5 Å². The molecule has 0 radical (unpaired) electrons. The second-order valence-corrected chi connectivity index (χ2v) is 5.79. The summed E-state index contributed by atoms with van der Waals surface area (Å²) in [5.41, 5.74) is 1.39. The summed E-state index contributed by atoms with van der Waals surface area (Å²) in [6.45, 7) is 9.96. The Labute approximate surface area is 111 Å². The number of hydrogen-bond acceptors (Lipinski definition) is 3. The molecule has 1 unspecified atom stereocenters. The molecule has 0 aromatic rings. The van der Waals surface area contributed by atoms with Crippen LogP contribution in [0.15, 0.2) is 28.9 Å². The van der Waals surface area contributed by atoms with E-state index in [9.17, 15) is 0 Å². The van der Waals surface area contributed by atoms with Crippen molar-refractivity contribution >= 4 is 5.84 Å². The molecule has 0 saturated carbocycles. The van der Waals surface area contributed by atoms with Crippen LogP contribution in [0.25, 0.3) is 0 Å². The molecule has 0 aromatic carbocycles. The van der Waals surface area contributed by atoms with Gasteiger partial charge in [-0.2, -0.15) is 0 Å². The molecule has 1 fully saturated rings. The molecule has 0 spiro atoms. The molecule has 0 aromatic heterocycles. The van der Waals surface area contributed by atoms with Crippen molar-refractivity contribution in [3.63, 3.8) is 0 Å². The number of nitrogens with zero attached hydrogens (tertiary/aromatic N) is 2. The molecule has 0 bridgehead atoms. The molecule has 1 atom stereocenters. The van der Waals surface area contributed by atoms with Crippen LogP contribution in [-0.2, 0) is 0 Å². The van der Waals surface area contributed by atoms with E-state index < -0.39 is 0 Å². The smallest absolute Gasteiger partial charge is 0.128 e. The highest BCUT2D eigenvalue weighted by molar-refractivity contribution is 5.94. The molecule has 1 N–H and O–H groups in total. The Morgan fingerprint density at radius 1 is 1.50 bits per heavy atom. The highest BCUT2D eigenvalue weighted by Gasteiger charge is 2.21. The van der Waals surface area contributed by atoms with E-state index in [-0.39, 0.29) is 0 Å². The maximum absolute atomic E-state index is 4.57. The highest BCUT2D eigenvalue weighted by atomic mass is 15.2. The van der Waals surface area contributed by atoms with Crippen molar-refractivity contribution in [2.45, 2.75) is 39.7 Å². The minimum atomic E-state index is 0.599. The zero-order valence-corrected chi connectivity index (χ0v) is 11.8. The third-order valence-corrected chi connectivity index (χ3v) is 3.46. The van der Waals surface area contributed by atoms with E-state index in [1.165, 1.54) is 12.0 Å². The van der Waals surface area contributed by atoms with Crippen molar-refractivity contribution in [3.8, 4) is 0 Å². The Kier molecular flexibility index (Phi) is 4.59. The zero-order valence-electron chi connectivity index (χ0n) is 11.8. The SMILES string of the molecule is CC1=CC(N2CCNC(CC(C)C)C2)=NC=CC1. The second kappa shape index (κ2) is 6.19. The fourth-order valence-corrected chi connectivity index (χ4v) is 2.62. The summed E-state index contributed by atoms with van der Waals surface area (Å²) < 4.78 is 0. The highest BCUT2D eigenvalue weighted by Crippen LogP contribution is 2.13. The minimum absolute atomic E-state index is 0.599. The number of piperazine rings is 1. The molecule has 3 heteroatoms. The lowest BCUT2D eigenvalue weighted by atomic mass is 10.0. The maximum Gasteiger partial charge on any atom is 0.128 e. The summed E-state index contributed by atoms with van der Waals surface area (Å²) in [4.78, 5) is 6.99. The molecular formula is C15H25N3. The van der Waals surface area contributed by atoms with Crippen molar-refractivity contribution < 1.29 is 0 Å². The Morgan fingerprint density at radius 2 is 2.33 bits per heavy atom. The fraction of sp³-hybridized carbons (Fsp3) is 0.667. The van der Waals surface area contributed by atoms with Gasteiger partial charge in [-0.25, -0.2) is 4.99 Å². The monoisotopic (exact) mass is 247 g/mol. The van der Waals surface area contributed by atoms with Gasteiger partial charge in [0.1, 0.15) is 5.84 Å². The van der Waals surface area contributed by atoms with Crippen molar-refractivity contribution in [3.05, 3.63) is 23.9 Å². The van der Waals surface area contributed by atoms with E-state index in [0.29, 0.717) is 6.04 Å². The average Bonchev–Trinajstić information content (AvgIpc) is 2.53. The number of aliphatic imine (C=N–C) groups is 1. The Morgan fingerprint density at radius 3 is 3.11 bits per heavy atom. The fourth-order valence-electron chi connectivity index (χ4n) is 2.62. The quantitative estimate of drug-likeness (QED) is 0.812. The van der Waals surface area contributed by atoms with Crippen molar-refractivity contribution in [1.29, 1.82) is 0 Å². The molecule has 100 valence electrons. The van der Waals surface area contributed by atoms with E-state index in [4.69, 9.17) is 0 Å². The Bertz CT molecular complexity index is 366. The second-order valence-electron chi connectivity index (χ2n) is 5.79. The largest absolute Gasteiger partial charge is 0.354 e. The predicted molar refractivity (Wildman–Crippen MR) is 77.8 cm³/mol. The van der Waals surface area contributed by atoms with Gasteiger partial charge in [0.2, 0.25) is 0 Å². The van der Waals surface area contributed by atoms with Crippen LogP contribution in [0.5, 0.6) is 0 Å². The summed E-state index contributed by atoms with van der Waals surface area (Å²) >= 11 is 0. The van der Waals surface area contributed by atoms with E-state index >= 15 is 0 Å². The van der Waals surface area contributed by atoms with E-state index in [1.807, 2.05) is 6.20 Å². The van der Waals surface area contributed by atoms with E-state index in [0.717, 1.165) is 37.8 Å². The van der Waals surface area contributed by atoms with Crippen LogP contribution in [0.3, 0.4) is 0 Å². The molecule has 3 nitrogen and oxygen atoms in total. The van der Waals surface area contributed by atoms with Gasteiger partial charge >= 0.3 is 0 Å². The molecule has 2 heterocycles. The number of allylic oxidation sites excluding steroid dienone is 2. The molecule has 1 saturated heterocycles. The lowest BCUT2D eigenvalue weighted by Gasteiger charge is -2.35. The molecule has 18 heavy (non-hydrogen) atoms. The number of nitrogens with one attached hydrogen (secondary N) is 1. The third-order valence-electron chi connectivity index (χ3n) is 3.46. The third kappa shape index (κ3) is 3.70. The predicted octanol–water partition coefficient (Wildman–Crippen LogP) is 2.57. The molecule has 0 aliphatic carbocycles. The number of rotatable bonds is 2. The zero-order chi connectivity index (χ0) is 13.0.